The lowest BCUT2D eigenvalue weighted by atomic mass is 10.1. The molecular weight excluding hydrogens is 388 g/mol. The lowest BCUT2D eigenvalue weighted by Crippen LogP contribution is -2.37. The van der Waals surface area contributed by atoms with Crippen molar-refractivity contribution < 1.29 is 14.3 Å². The van der Waals surface area contributed by atoms with Crippen LogP contribution < -0.4 is 4.90 Å². The zero-order valence-corrected chi connectivity index (χ0v) is 18.8. The molecule has 0 bridgehead atoms. The average molecular weight is 423 g/mol. The van der Waals surface area contributed by atoms with E-state index in [4.69, 9.17) is 4.74 Å². The Labute approximate surface area is 186 Å². The molecule has 2 aromatic rings. The number of hydrogen-bond donors (Lipinski definition) is 0. The highest BCUT2D eigenvalue weighted by Gasteiger charge is 2.22. The fourth-order valence-electron chi connectivity index (χ4n) is 4.11. The number of rotatable bonds is 3. The summed E-state index contributed by atoms with van der Waals surface area (Å²) in [4.78, 5) is 30.0. The monoisotopic (exact) mass is 422 g/mol. The summed E-state index contributed by atoms with van der Waals surface area (Å²) < 4.78 is 5.14. The molecule has 2 amide bonds. The Kier molecular flexibility index (Phi) is 8.65. The van der Waals surface area contributed by atoms with Crippen LogP contribution in [0, 0.1) is 6.92 Å². The van der Waals surface area contributed by atoms with Gasteiger partial charge in [0, 0.05) is 38.0 Å². The van der Waals surface area contributed by atoms with E-state index >= 15 is 0 Å². The van der Waals surface area contributed by atoms with Crippen LogP contribution in [-0.4, -0.2) is 43.5 Å². The largest absolute Gasteiger partial charge is 0.375 e. The van der Waals surface area contributed by atoms with Gasteiger partial charge in [-0.2, -0.15) is 0 Å². The second-order valence-corrected chi connectivity index (χ2v) is 8.32. The SMILES string of the molecule is COCC(=O)N1CCCCCCCCN(C(=O)c2ccc(C)cc2)Cc2ccccc21. The molecule has 1 aliphatic rings. The van der Waals surface area contributed by atoms with Gasteiger partial charge in [-0.3, -0.25) is 9.59 Å². The van der Waals surface area contributed by atoms with Gasteiger partial charge in [-0.25, -0.2) is 0 Å². The number of nitrogens with zero attached hydrogens (tertiary/aromatic N) is 2. The number of anilines is 1. The third kappa shape index (κ3) is 6.41. The lowest BCUT2D eigenvalue weighted by molar-refractivity contribution is -0.122. The number of hydrogen-bond acceptors (Lipinski definition) is 3. The predicted octanol–water partition coefficient (Wildman–Crippen LogP) is 4.97. The summed E-state index contributed by atoms with van der Waals surface area (Å²) in [5, 5.41) is 0. The second-order valence-electron chi connectivity index (χ2n) is 8.32. The Bertz CT molecular complexity index is 863. The third-order valence-electron chi connectivity index (χ3n) is 5.86. The van der Waals surface area contributed by atoms with Crippen molar-refractivity contribution in [1.82, 2.24) is 4.90 Å². The summed E-state index contributed by atoms with van der Waals surface area (Å²) in [5.41, 5.74) is 3.72. The average Bonchev–Trinajstić information content (AvgIpc) is 2.79. The Balaban J connectivity index is 1.93. The molecule has 2 aromatic carbocycles. The molecule has 3 rings (SSSR count). The van der Waals surface area contributed by atoms with E-state index in [1.807, 2.05) is 65.3 Å². The maximum Gasteiger partial charge on any atom is 0.254 e. The summed E-state index contributed by atoms with van der Waals surface area (Å²) in [7, 11) is 1.55. The number of carbonyl (C=O) groups is 2. The smallest absolute Gasteiger partial charge is 0.254 e. The molecule has 0 atom stereocenters. The molecular formula is C26H34N2O3. The summed E-state index contributed by atoms with van der Waals surface area (Å²) in [5.74, 6) is 0.000626. The molecule has 0 radical (unpaired) electrons. The molecule has 5 nitrogen and oxygen atoms in total. The molecule has 0 aliphatic carbocycles. The number of benzene rings is 2. The number of ether oxygens (including phenoxy) is 1. The number of carbonyl (C=O) groups excluding carboxylic acids is 2. The topological polar surface area (TPSA) is 49.9 Å². The van der Waals surface area contributed by atoms with Gasteiger partial charge < -0.3 is 14.5 Å². The van der Waals surface area contributed by atoms with Crippen LogP contribution in [0.3, 0.4) is 0 Å². The van der Waals surface area contributed by atoms with E-state index in [2.05, 4.69) is 0 Å². The lowest BCUT2D eigenvalue weighted by Gasteiger charge is -2.28. The van der Waals surface area contributed by atoms with Gasteiger partial charge in [-0.05, 0) is 43.5 Å². The molecule has 0 saturated carbocycles. The molecule has 0 unspecified atom stereocenters. The molecule has 0 spiro atoms. The van der Waals surface area contributed by atoms with Crippen molar-refractivity contribution in [2.45, 2.75) is 52.0 Å². The van der Waals surface area contributed by atoms with Crippen molar-refractivity contribution in [1.29, 1.82) is 0 Å². The first-order valence-electron chi connectivity index (χ1n) is 11.3. The van der Waals surface area contributed by atoms with E-state index < -0.39 is 0 Å². The van der Waals surface area contributed by atoms with Crippen LogP contribution in [0.25, 0.3) is 0 Å². The van der Waals surface area contributed by atoms with Crippen molar-refractivity contribution in [3.05, 3.63) is 65.2 Å². The Morgan fingerprint density at radius 1 is 0.871 bits per heavy atom. The van der Waals surface area contributed by atoms with Gasteiger partial charge in [0.05, 0.1) is 0 Å². The second kappa shape index (κ2) is 11.7. The molecule has 0 saturated heterocycles. The summed E-state index contributed by atoms with van der Waals surface area (Å²) in [6.07, 6.45) is 6.49. The quantitative estimate of drug-likeness (QED) is 0.702. The first-order valence-corrected chi connectivity index (χ1v) is 11.3. The van der Waals surface area contributed by atoms with Gasteiger partial charge in [0.25, 0.3) is 11.8 Å². The first-order chi connectivity index (χ1) is 15.1. The minimum Gasteiger partial charge on any atom is -0.375 e. The highest BCUT2D eigenvalue weighted by atomic mass is 16.5. The van der Waals surface area contributed by atoms with E-state index in [0.717, 1.165) is 55.3 Å². The van der Waals surface area contributed by atoms with Crippen molar-refractivity contribution in [2.24, 2.45) is 0 Å². The summed E-state index contributed by atoms with van der Waals surface area (Å²) >= 11 is 0. The Hall–Kier alpha value is -2.66. The normalized spacial score (nSPS) is 15.9. The minimum atomic E-state index is -0.0405. The van der Waals surface area contributed by atoms with Crippen molar-refractivity contribution in [2.75, 3.05) is 31.7 Å². The molecule has 0 aromatic heterocycles. The number of methoxy groups -OCH3 is 1. The maximum absolute atomic E-state index is 13.3. The van der Waals surface area contributed by atoms with Crippen LogP contribution >= 0.6 is 0 Å². The van der Waals surface area contributed by atoms with E-state index in [1.165, 1.54) is 0 Å². The highest BCUT2D eigenvalue weighted by molar-refractivity contribution is 5.96. The van der Waals surface area contributed by atoms with Crippen LogP contribution in [-0.2, 0) is 16.1 Å². The molecule has 31 heavy (non-hydrogen) atoms. The molecule has 5 heteroatoms. The van der Waals surface area contributed by atoms with Crippen molar-refractivity contribution >= 4 is 17.5 Å². The maximum atomic E-state index is 13.3. The van der Waals surface area contributed by atoms with Gasteiger partial charge in [0.1, 0.15) is 6.61 Å². The Morgan fingerprint density at radius 2 is 1.52 bits per heavy atom. The number of para-hydroxylation sites is 1. The number of aryl methyl sites for hydroxylation is 1. The van der Waals surface area contributed by atoms with Crippen LogP contribution in [0.5, 0.6) is 0 Å². The Morgan fingerprint density at radius 3 is 2.23 bits per heavy atom. The molecule has 1 heterocycles. The predicted molar refractivity (Wildman–Crippen MR) is 124 cm³/mol. The fourth-order valence-corrected chi connectivity index (χ4v) is 4.11. The number of amides is 2. The van der Waals surface area contributed by atoms with Crippen LogP contribution in [0.2, 0.25) is 0 Å². The zero-order chi connectivity index (χ0) is 22.1. The molecule has 0 N–H and O–H groups in total. The zero-order valence-electron chi connectivity index (χ0n) is 18.8. The van der Waals surface area contributed by atoms with Gasteiger partial charge >= 0.3 is 0 Å². The van der Waals surface area contributed by atoms with E-state index in [0.29, 0.717) is 25.2 Å². The molecule has 0 fully saturated rings. The molecule has 1 aliphatic heterocycles. The minimum absolute atomic E-state index is 0.0405. The van der Waals surface area contributed by atoms with Crippen molar-refractivity contribution in [3.8, 4) is 0 Å². The van der Waals surface area contributed by atoms with Crippen LogP contribution in [0.1, 0.15) is 60.0 Å². The highest BCUT2D eigenvalue weighted by Crippen LogP contribution is 2.25. The fraction of sp³-hybridized carbons (Fsp3) is 0.462. The van der Waals surface area contributed by atoms with E-state index in [1.54, 1.807) is 7.11 Å². The summed E-state index contributed by atoms with van der Waals surface area (Å²) in [6.45, 7) is 3.95. The van der Waals surface area contributed by atoms with E-state index in [9.17, 15) is 9.59 Å². The van der Waals surface area contributed by atoms with Gasteiger partial charge in [0.2, 0.25) is 0 Å². The van der Waals surface area contributed by atoms with Gasteiger partial charge in [-0.15, -0.1) is 0 Å². The van der Waals surface area contributed by atoms with Crippen molar-refractivity contribution in [3.63, 3.8) is 0 Å². The standard InChI is InChI=1S/C26H34N2O3/c1-21-13-15-22(16-14-21)26(30)27-17-9-5-3-4-6-10-18-28(25(29)20-31-2)24-12-8-7-11-23(24)19-27/h7-8,11-16H,3-6,9-10,17-20H2,1-2H3. The number of fused-ring (bicyclic) bond motifs is 1. The van der Waals surface area contributed by atoms with Crippen LogP contribution in [0.15, 0.2) is 48.5 Å². The third-order valence-corrected chi connectivity index (χ3v) is 5.86. The van der Waals surface area contributed by atoms with Crippen LogP contribution in [0.4, 0.5) is 5.69 Å². The molecule has 166 valence electrons. The van der Waals surface area contributed by atoms with Gasteiger partial charge in [0.15, 0.2) is 0 Å². The van der Waals surface area contributed by atoms with Gasteiger partial charge in [-0.1, -0.05) is 61.6 Å². The van der Waals surface area contributed by atoms with E-state index in [-0.39, 0.29) is 18.4 Å². The summed E-state index contributed by atoms with van der Waals surface area (Å²) in [6, 6.07) is 15.7. The first kappa shape index (κ1) is 23.0.